The van der Waals surface area contributed by atoms with Crippen molar-refractivity contribution in [3.05, 3.63) is 10.6 Å². The Bertz CT molecular complexity index is 210. The molecule has 0 spiro atoms. The van der Waals surface area contributed by atoms with Crippen LogP contribution in [0, 0.1) is 0 Å². The molecule has 0 aliphatic heterocycles. The second-order valence-corrected chi connectivity index (χ2v) is 5.46. The van der Waals surface area contributed by atoms with Gasteiger partial charge >= 0.3 is 0 Å². The smallest absolute Gasteiger partial charge is 0.0268 e. The Morgan fingerprint density at radius 3 is 1.95 bits per heavy atom. The average Bonchev–Trinajstić information content (AvgIpc) is 2.41. The molecule has 0 amide bonds. The van der Waals surface area contributed by atoms with E-state index in [1.165, 1.54) is 17.3 Å². The van der Waals surface area contributed by atoms with Crippen molar-refractivity contribution in [2.45, 2.75) is 26.7 Å². The average molecular weight is 335 g/mol. The lowest BCUT2D eigenvalue weighted by Crippen LogP contribution is -2.23. The Hall–Kier alpha value is 0.0600. The molecule has 4 nitrogen and oxygen atoms in total. The van der Waals surface area contributed by atoms with Crippen LogP contribution in [0.2, 0.25) is 0 Å². The maximum atomic E-state index is 3.59. The highest BCUT2D eigenvalue weighted by Gasteiger charge is 1.92. The number of nitrogens with one attached hydrogen (secondary N) is 4. The van der Waals surface area contributed by atoms with E-state index in [9.17, 15) is 0 Å². The highest BCUT2D eigenvalue weighted by Crippen LogP contribution is 2.01. The van der Waals surface area contributed by atoms with E-state index in [1.807, 2.05) is 0 Å². The van der Waals surface area contributed by atoms with Crippen LogP contribution in [-0.4, -0.2) is 52.4 Å². The predicted molar refractivity (Wildman–Crippen MR) is 89.1 cm³/mol. The summed E-state index contributed by atoms with van der Waals surface area (Å²) in [5.41, 5.74) is 0. The predicted octanol–water partition coefficient (Wildman–Crippen LogP) is 1.44. The highest BCUT2D eigenvalue weighted by molar-refractivity contribution is 9.11. The van der Waals surface area contributed by atoms with E-state index < -0.39 is 0 Å². The molecule has 19 heavy (non-hydrogen) atoms. The first-order valence-corrected chi connectivity index (χ1v) is 8.28. The van der Waals surface area contributed by atoms with Crippen LogP contribution in [0.5, 0.6) is 0 Å². The molecule has 0 unspecified atom stereocenters. The normalized spacial score (nSPS) is 12.1. The fraction of sp³-hybridized carbons (Fsp3) is 0.857. The first-order valence-electron chi connectivity index (χ1n) is 7.48. The summed E-state index contributed by atoms with van der Waals surface area (Å²) in [6.45, 7) is 12.6. The Morgan fingerprint density at radius 2 is 1.37 bits per heavy atom. The van der Waals surface area contributed by atoms with E-state index in [0.29, 0.717) is 0 Å². The first-order chi connectivity index (χ1) is 9.31. The fourth-order valence-corrected chi connectivity index (χ4v) is 1.96. The third kappa shape index (κ3) is 16.0. The van der Waals surface area contributed by atoms with Crippen LogP contribution in [0.15, 0.2) is 10.6 Å². The Labute approximate surface area is 127 Å². The number of hydrogen-bond acceptors (Lipinski definition) is 4. The maximum absolute atomic E-state index is 3.59. The molecule has 0 bridgehead atoms. The minimum Gasteiger partial charge on any atom is -0.317 e. The molecule has 5 heteroatoms. The van der Waals surface area contributed by atoms with Crippen LogP contribution in [0.1, 0.15) is 26.7 Å². The molecule has 0 radical (unpaired) electrons. The molecule has 0 aromatic rings. The van der Waals surface area contributed by atoms with Gasteiger partial charge in [0.05, 0.1) is 0 Å². The summed E-state index contributed by atoms with van der Waals surface area (Å²) < 4.78 is 1.23. The lowest BCUT2D eigenvalue weighted by atomic mass is 10.4. The molecule has 0 saturated heterocycles. The van der Waals surface area contributed by atoms with E-state index in [4.69, 9.17) is 0 Å². The molecule has 0 fully saturated rings. The quantitative estimate of drug-likeness (QED) is 0.363. The lowest BCUT2D eigenvalue weighted by Gasteiger charge is -2.05. The van der Waals surface area contributed by atoms with Crippen LogP contribution in [-0.2, 0) is 0 Å². The van der Waals surface area contributed by atoms with E-state index in [2.05, 4.69) is 57.1 Å². The summed E-state index contributed by atoms with van der Waals surface area (Å²) in [4.78, 5) is 0. The van der Waals surface area contributed by atoms with Crippen molar-refractivity contribution in [1.29, 1.82) is 0 Å². The zero-order valence-corrected chi connectivity index (χ0v) is 14.1. The van der Waals surface area contributed by atoms with Gasteiger partial charge in [0, 0.05) is 17.6 Å². The molecule has 0 aliphatic rings. The molecule has 0 aromatic heterocycles. The van der Waals surface area contributed by atoms with Gasteiger partial charge in [-0.25, -0.2) is 0 Å². The minimum absolute atomic E-state index is 0.922. The van der Waals surface area contributed by atoms with Crippen LogP contribution in [0.4, 0.5) is 0 Å². The van der Waals surface area contributed by atoms with Crippen LogP contribution >= 0.6 is 15.9 Å². The standard InChI is InChI=1S/C14H31BrN4/c1-3-16-8-5-10-18-12-7-14(15)13-19-11-6-9-17-4-2/h7,16-19H,3-6,8-13H2,1-2H3/b14-7-. The van der Waals surface area contributed by atoms with E-state index in [1.54, 1.807) is 0 Å². The Kier molecular flexibility index (Phi) is 16.2. The van der Waals surface area contributed by atoms with Crippen molar-refractivity contribution in [3.8, 4) is 0 Å². The highest BCUT2D eigenvalue weighted by atomic mass is 79.9. The van der Waals surface area contributed by atoms with Gasteiger partial charge in [0.1, 0.15) is 0 Å². The lowest BCUT2D eigenvalue weighted by molar-refractivity contribution is 0.623. The van der Waals surface area contributed by atoms with E-state index in [-0.39, 0.29) is 0 Å². The Balaban J connectivity index is 3.25. The van der Waals surface area contributed by atoms with Crippen molar-refractivity contribution in [1.82, 2.24) is 21.3 Å². The molecule has 0 saturated carbocycles. The van der Waals surface area contributed by atoms with Crippen molar-refractivity contribution in [2.24, 2.45) is 0 Å². The van der Waals surface area contributed by atoms with Crippen molar-refractivity contribution in [2.75, 3.05) is 52.4 Å². The molecular formula is C14H31BrN4. The summed E-state index contributed by atoms with van der Waals surface area (Å²) in [7, 11) is 0. The van der Waals surface area contributed by atoms with Gasteiger partial charge in [-0.15, -0.1) is 0 Å². The van der Waals surface area contributed by atoms with Crippen molar-refractivity contribution in [3.63, 3.8) is 0 Å². The van der Waals surface area contributed by atoms with Gasteiger partial charge in [0.25, 0.3) is 0 Å². The van der Waals surface area contributed by atoms with Crippen molar-refractivity contribution >= 4 is 15.9 Å². The largest absolute Gasteiger partial charge is 0.317 e. The summed E-state index contributed by atoms with van der Waals surface area (Å²) in [6, 6.07) is 0. The van der Waals surface area contributed by atoms with Crippen LogP contribution in [0.25, 0.3) is 0 Å². The van der Waals surface area contributed by atoms with Gasteiger partial charge in [0.2, 0.25) is 0 Å². The Morgan fingerprint density at radius 1 is 0.842 bits per heavy atom. The zero-order valence-electron chi connectivity index (χ0n) is 12.5. The van der Waals surface area contributed by atoms with Crippen LogP contribution in [0.3, 0.4) is 0 Å². The molecule has 0 heterocycles. The number of halogens is 1. The van der Waals surface area contributed by atoms with Crippen LogP contribution < -0.4 is 21.3 Å². The fourth-order valence-electron chi connectivity index (χ4n) is 1.60. The van der Waals surface area contributed by atoms with E-state index >= 15 is 0 Å². The SMILES string of the molecule is CCNCCCNC/C=C(\Br)CNCCCNCC. The van der Waals surface area contributed by atoms with Gasteiger partial charge < -0.3 is 21.3 Å². The topological polar surface area (TPSA) is 48.1 Å². The molecular weight excluding hydrogens is 304 g/mol. The minimum atomic E-state index is 0.922. The van der Waals surface area contributed by atoms with Gasteiger partial charge in [-0.05, 0) is 52.1 Å². The second-order valence-electron chi connectivity index (χ2n) is 4.45. The number of rotatable bonds is 14. The summed E-state index contributed by atoms with van der Waals surface area (Å²) in [6.07, 6.45) is 4.56. The second kappa shape index (κ2) is 16.1. The first kappa shape index (κ1) is 19.1. The number of hydrogen-bond donors (Lipinski definition) is 4. The zero-order chi connectivity index (χ0) is 14.2. The molecule has 0 aliphatic carbocycles. The summed E-state index contributed by atoms with van der Waals surface area (Å²) >= 11 is 3.59. The van der Waals surface area contributed by atoms with Gasteiger partial charge in [0.15, 0.2) is 0 Å². The van der Waals surface area contributed by atoms with Crippen molar-refractivity contribution < 1.29 is 0 Å². The maximum Gasteiger partial charge on any atom is 0.0268 e. The monoisotopic (exact) mass is 334 g/mol. The molecule has 0 rings (SSSR count). The summed E-state index contributed by atoms with van der Waals surface area (Å²) in [5.74, 6) is 0. The molecule has 4 N–H and O–H groups in total. The molecule has 114 valence electrons. The van der Waals surface area contributed by atoms with E-state index in [0.717, 1.165) is 52.4 Å². The van der Waals surface area contributed by atoms with Gasteiger partial charge in [-0.2, -0.15) is 0 Å². The van der Waals surface area contributed by atoms with Gasteiger partial charge in [-0.3, -0.25) is 0 Å². The summed E-state index contributed by atoms with van der Waals surface area (Å²) in [5, 5.41) is 13.5. The third-order valence-corrected chi connectivity index (χ3v) is 3.28. The third-order valence-electron chi connectivity index (χ3n) is 2.68. The molecule has 0 aromatic carbocycles. The molecule has 0 atom stereocenters. The van der Waals surface area contributed by atoms with Gasteiger partial charge in [-0.1, -0.05) is 35.9 Å².